The first-order valence-electron chi connectivity index (χ1n) is 7.96. The van der Waals surface area contributed by atoms with Crippen LogP contribution < -0.4 is 4.90 Å². The van der Waals surface area contributed by atoms with Crippen LogP contribution in [0.1, 0.15) is 24.0 Å². The Bertz CT molecular complexity index is 833. The van der Waals surface area contributed by atoms with Crippen LogP contribution in [0.3, 0.4) is 0 Å². The number of hydrogen-bond acceptors (Lipinski definition) is 4. The third-order valence-corrected chi connectivity index (χ3v) is 4.18. The lowest BCUT2D eigenvalue weighted by Crippen LogP contribution is -2.39. The van der Waals surface area contributed by atoms with Gasteiger partial charge in [-0.1, -0.05) is 23.4 Å². The highest BCUT2D eigenvalue weighted by molar-refractivity contribution is 6.29. The summed E-state index contributed by atoms with van der Waals surface area (Å²) >= 11 is 6.00. The molecular formula is C17H16ClF3N4O. The van der Waals surface area contributed by atoms with Gasteiger partial charge in [0.1, 0.15) is 5.15 Å². The molecule has 5 nitrogen and oxygen atoms in total. The molecule has 1 aliphatic rings. The number of halogens is 4. The summed E-state index contributed by atoms with van der Waals surface area (Å²) < 4.78 is 42.8. The van der Waals surface area contributed by atoms with Crippen LogP contribution in [-0.4, -0.2) is 40.3 Å². The average molecular weight is 385 g/mol. The highest BCUT2D eigenvalue weighted by atomic mass is 35.5. The van der Waals surface area contributed by atoms with Gasteiger partial charge in [0.2, 0.25) is 0 Å². The lowest BCUT2D eigenvalue weighted by atomic mass is 10.1. The van der Waals surface area contributed by atoms with Gasteiger partial charge in [-0.15, -0.1) is 13.2 Å². The van der Waals surface area contributed by atoms with E-state index in [9.17, 15) is 13.2 Å². The molecule has 9 heteroatoms. The largest absolute Gasteiger partial charge is 0.522 e. The van der Waals surface area contributed by atoms with Crippen molar-refractivity contribution in [2.24, 2.45) is 7.05 Å². The van der Waals surface area contributed by atoms with E-state index in [1.807, 2.05) is 4.90 Å². The molecule has 0 saturated carbocycles. The third-order valence-electron chi connectivity index (χ3n) is 3.98. The molecule has 3 rings (SSSR count). The number of piperidine rings is 1. The second kappa shape index (κ2) is 7.56. The molecule has 26 heavy (non-hydrogen) atoms. The Kier molecular flexibility index (Phi) is 5.39. The van der Waals surface area contributed by atoms with Crippen LogP contribution in [0.4, 0.5) is 18.9 Å². The summed E-state index contributed by atoms with van der Waals surface area (Å²) in [5.74, 6) is 6.04. The molecule has 1 fully saturated rings. The maximum atomic E-state index is 12.4. The Labute approximate surface area is 153 Å². The van der Waals surface area contributed by atoms with Crippen molar-refractivity contribution in [1.29, 1.82) is 0 Å². The van der Waals surface area contributed by atoms with Crippen LogP contribution in [0.25, 0.3) is 0 Å². The van der Waals surface area contributed by atoms with Crippen molar-refractivity contribution in [2.75, 3.05) is 18.0 Å². The summed E-state index contributed by atoms with van der Waals surface area (Å²) in [5.41, 5.74) is 2.17. The molecule has 1 aliphatic heterocycles. The molecule has 1 saturated heterocycles. The van der Waals surface area contributed by atoms with Crippen LogP contribution in [-0.2, 0) is 11.8 Å². The predicted molar refractivity (Wildman–Crippen MR) is 90.8 cm³/mol. The zero-order valence-electron chi connectivity index (χ0n) is 13.9. The van der Waals surface area contributed by atoms with Crippen LogP contribution in [0, 0.1) is 11.8 Å². The minimum absolute atomic E-state index is 0.273. The number of aryl methyl sites for hydroxylation is 1. The van der Waals surface area contributed by atoms with Gasteiger partial charge in [0.25, 0.3) is 0 Å². The molecule has 0 N–H and O–H groups in total. The first kappa shape index (κ1) is 18.5. The molecule has 0 radical (unpaired) electrons. The van der Waals surface area contributed by atoms with E-state index in [0.29, 0.717) is 23.8 Å². The van der Waals surface area contributed by atoms with Crippen LogP contribution in [0.2, 0.25) is 5.15 Å². The zero-order valence-corrected chi connectivity index (χ0v) is 14.7. The van der Waals surface area contributed by atoms with E-state index in [1.54, 1.807) is 36.4 Å². The molecular weight excluding hydrogens is 369 g/mol. The standard InChI is InChI=1S/C17H16ClF3N4O/c1-24-11-12(9-23-24)2-3-13-10-22-16(18)8-15(13)25-6-4-14(5-7-25)26-17(19,20)21/h8-11,14H,4-7H2,1H3. The van der Waals surface area contributed by atoms with Crippen LogP contribution in [0.5, 0.6) is 0 Å². The molecule has 2 aromatic rings. The van der Waals surface area contributed by atoms with Crippen molar-refractivity contribution in [3.8, 4) is 11.8 Å². The van der Waals surface area contributed by atoms with Crippen molar-refractivity contribution < 1.29 is 17.9 Å². The Balaban J connectivity index is 1.76. The summed E-state index contributed by atoms with van der Waals surface area (Å²) in [7, 11) is 1.80. The number of alkyl halides is 3. The SMILES string of the molecule is Cn1cc(C#Cc2cnc(Cl)cc2N2CCC(OC(F)(F)F)CC2)cn1. The van der Waals surface area contributed by atoms with E-state index < -0.39 is 12.5 Å². The van der Waals surface area contributed by atoms with Gasteiger partial charge in [-0.05, 0) is 12.8 Å². The molecule has 0 amide bonds. The van der Waals surface area contributed by atoms with Gasteiger partial charge in [0.05, 0.1) is 29.1 Å². The maximum Gasteiger partial charge on any atom is 0.522 e. The highest BCUT2D eigenvalue weighted by Gasteiger charge is 2.35. The molecule has 0 aliphatic carbocycles. The van der Waals surface area contributed by atoms with Crippen molar-refractivity contribution in [2.45, 2.75) is 25.3 Å². The number of ether oxygens (including phenoxy) is 1. The predicted octanol–water partition coefficient (Wildman–Crippen LogP) is 3.37. The van der Waals surface area contributed by atoms with Gasteiger partial charge in [-0.3, -0.25) is 9.42 Å². The normalized spacial score (nSPS) is 15.7. The minimum Gasteiger partial charge on any atom is -0.370 e. The van der Waals surface area contributed by atoms with Crippen LogP contribution in [0.15, 0.2) is 24.7 Å². The molecule has 2 aromatic heterocycles. The first-order valence-corrected chi connectivity index (χ1v) is 8.34. The number of nitrogens with zero attached hydrogens (tertiary/aromatic N) is 4. The van der Waals surface area contributed by atoms with Crippen molar-refractivity contribution in [3.05, 3.63) is 40.9 Å². The number of hydrogen-bond donors (Lipinski definition) is 0. The lowest BCUT2D eigenvalue weighted by Gasteiger charge is -2.34. The van der Waals surface area contributed by atoms with Gasteiger partial charge in [0.15, 0.2) is 0 Å². The Morgan fingerprint density at radius 2 is 1.96 bits per heavy atom. The Morgan fingerprint density at radius 1 is 1.23 bits per heavy atom. The van der Waals surface area contributed by atoms with E-state index in [1.165, 1.54) is 0 Å². The smallest absolute Gasteiger partial charge is 0.370 e. The summed E-state index contributed by atoms with van der Waals surface area (Å²) in [6, 6.07) is 1.68. The molecule has 0 atom stereocenters. The molecule has 0 spiro atoms. The number of anilines is 1. The fourth-order valence-electron chi connectivity index (χ4n) is 2.81. The second-order valence-electron chi connectivity index (χ2n) is 5.93. The van der Waals surface area contributed by atoms with E-state index in [2.05, 4.69) is 26.7 Å². The average Bonchev–Trinajstić information content (AvgIpc) is 2.98. The minimum atomic E-state index is -4.60. The number of rotatable bonds is 2. The number of pyridine rings is 1. The van der Waals surface area contributed by atoms with Crippen LogP contribution >= 0.6 is 11.6 Å². The Hall–Kier alpha value is -2.24. The van der Waals surface area contributed by atoms with Crippen molar-refractivity contribution >= 4 is 17.3 Å². The van der Waals surface area contributed by atoms with Crippen molar-refractivity contribution in [1.82, 2.24) is 14.8 Å². The number of aromatic nitrogens is 3. The van der Waals surface area contributed by atoms with E-state index >= 15 is 0 Å². The molecule has 3 heterocycles. The molecule has 0 aromatic carbocycles. The van der Waals surface area contributed by atoms with Crippen molar-refractivity contribution in [3.63, 3.8) is 0 Å². The van der Waals surface area contributed by atoms with E-state index in [0.717, 1.165) is 11.3 Å². The van der Waals surface area contributed by atoms with E-state index in [-0.39, 0.29) is 12.8 Å². The van der Waals surface area contributed by atoms with Gasteiger partial charge >= 0.3 is 6.36 Å². The molecule has 138 valence electrons. The topological polar surface area (TPSA) is 43.2 Å². The fraction of sp³-hybridized carbons (Fsp3) is 0.412. The fourth-order valence-corrected chi connectivity index (χ4v) is 2.96. The molecule has 0 unspecified atom stereocenters. The summed E-state index contributed by atoms with van der Waals surface area (Å²) in [6.07, 6.45) is 0.121. The Morgan fingerprint density at radius 3 is 2.58 bits per heavy atom. The summed E-state index contributed by atoms with van der Waals surface area (Å²) in [5, 5.41) is 4.36. The maximum absolute atomic E-state index is 12.4. The lowest BCUT2D eigenvalue weighted by molar-refractivity contribution is -0.344. The van der Waals surface area contributed by atoms with Gasteiger partial charge in [0, 0.05) is 38.6 Å². The van der Waals surface area contributed by atoms with Gasteiger partial charge < -0.3 is 4.90 Å². The van der Waals surface area contributed by atoms with Gasteiger partial charge in [-0.25, -0.2) is 4.98 Å². The first-order chi connectivity index (χ1) is 12.3. The van der Waals surface area contributed by atoms with E-state index in [4.69, 9.17) is 11.6 Å². The third kappa shape index (κ3) is 4.90. The highest BCUT2D eigenvalue weighted by Crippen LogP contribution is 2.29. The zero-order chi connectivity index (χ0) is 18.7. The van der Waals surface area contributed by atoms with Gasteiger partial charge in [-0.2, -0.15) is 5.10 Å². The second-order valence-corrected chi connectivity index (χ2v) is 6.31. The summed E-state index contributed by atoms with van der Waals surface area (Å²) in [4.78, 5) is 6.01. The summed E-state index contributed by atoms with van der Waals surface area (Å²) in [6.45, 7) is 0.839. The monoisotopic (exact) mass is 384 g/mol. The quantitative estimate of drug-likeness (QED) is 0.588. The molecule has 0 bridgehead atoms.